The Kier molecular flexibility index (Phi) is 9.37. The molecule has 246 valence electrons. The van der Waals surface area contributed by atoms with E-state index in [0.29, 0.717) is 46.2 Å². The lowest BCUT2D eigenvalue weighted by Gasteiger charge is -2.36. The number of carbonyl (C=O) groups excluding carboxylic acids is 3. The van der Waals surface area contributed by atoms with E-state index >= 15 is 0 Å². The normalized spacial score (nSPS) is 19.2. The van der Waals surface area contributed by atoms with Gasteiger partial charge in [-0.2, -0.15) is 0 Å². The van der Waals surface area contributed by atoms with Gasteiger partial charge in [-0.1, -0.05) is 67.1 Å². The molecule has 3 atom stereocenters. The number of anilines is 3. The second-order valence-electron chi connectivity index (χ2n) is 12.3. The average molecular weight is 665 g/mol. The number of hydrogen-bond donors (Lipinski definition) is 4. The third-order valence-electron chi connectivity index (χ3n) is 9.19. The molecule has 2 aliphatic heterocycles. The Morgan fingerprint density at radius 1 is 1.04 bits per heavy atom. The minimum absolute atomic E-state index is 0.0499. The molecule has 48 heavy (non-hydrogen) atoms. The molecule has 0 radical (unpaired) electrons. The summed E-state index contributed by atoms with van der Waals surface area (Å²) in [5.74, 6) is -1.67. The third-order valence-corrected chi connectivity index (χ3v) is 9.43. The van der Waals surface area contributed by atoms with E-state index < -0.39 is 17.4 Å². The second kappa shape index (κ2) is 13.6. The number of nitrogens with one attached hydrogen (secondary N) is 1. The van der Waals surface area contributed by atoms with Crippen LogP contribution in [0.5, 0.6) is 0 Å². The zero-order valence-electron chi connectivity index (χ0n) is 26.5. The fraction of sp³-hybridized carbons (Fsp3) is 0.237. The fourth-order valence-corrected chi connectivity index (χ4v) is 6.69. The van der Waals surface area contributed by atoms with Gasteiger partial charge < -0.3 is 31.1 Å². The van der Waals surface area contributed by atoms with E-state index in [1.54, 1.807) is 84.6 Å². The maximum absolute atomic E-state index is 14.1. The lowest BCUT2D eigenvalue weighted by Crippen LogP contribution is -2.46. The summed E-state index contributed by atoms with van der Waals surface area (Å²) in [6.07, 6.45) is 3.99. The molecule has 6 rings (SSSR count). The Labute approximate surface area is 284 Å². The maximum atomic E-state index is 14.1. The van der Waals surface area contributed by atoms with Crippen LogP contribution >= 0.6 is 11.6 Å². The summed E-state index contributed by atoms with van der Waals surface area (Å²) in [5.41, 5.74) is 9.20. The standard InChI is InChI=1S/C38H37ClN4O5/c1-24(6-4-11-35(45)42-22-28-9-3-2-8-27(28)19-32(42)23-44)38(48)33-20-29(39)14-17-34(33)43(37(38)47)21-25-7-5-10-31(18-25)41-36(46)26-12-15-30(40)16-13-26/h2-10,12-18,20,24,32,44,48H,11,19,21-23,40H2,1H3,(H,41,46)/b6-4+/t24-,32-,38+/m0/s1. The van der Waals surface area contributed by atoms with Crippen molar-refractivity contribution in [3.63, 3.8) is 0 Å². The van der Waals surface area contributed by atoms with E-state index in [4.69, 9.17) is 17.3 Å². The van der Waals surface area contributed by atoms with Crippen LogP contribution in [0.25, 0.3) is 0 Å². The molecule has 4 aromatic carbocycles. The molecule has 10 heteroatoms. The van der Waals surface area contributed by atoms with E-state index in [1.807, 2.05) is 30.3 Å². The third kappa shape index (κ3) is 6.44. The predicted octanol–water partition coefficient (Wildman–Crippen LogP) is 5.44. The van der Waals surface area contributed by atoms with Gasteiger partial charge in [0.2, 0.25) is 5.91 Å². The monoisotopic (exact) mass is 664 g/mol. The lowest BCUT2D eigenvalue weighted by atomic mass is 9.83. The van der Waals surface area contributed by atoms with Crippen LogP contribution in [0, 0.1) is 5.92 Å². The van der Waals surface area contributed by atoms with Gasteiger partial charge in [-0.25, -0.2) is 0 Å². The maximum Gasteiger partial charge on any atom is 0.264 e. The number of nitrogens with zero attached hydrogens (tertiary/aromatic N) is 2. The molecule has 4 aromatic rings. The van der Waals surface area contributed by atoms with Gasteiger partial charge in [-0.3, -0.25) is 14.4 Å². The Hall–Kier alpha value is -4.96. The minimum atomic E-state index is -1.93. The van der Waals surface area contributed by atoms with Gasteiger partial charge in [-0.15, -0.1) is 0 Å². The minimum Gasteiger partial charge on any atom is -0.399 e. The molecular formula is C38H37ClN4O5. The molecule has 0 unspecified atom stereocenters. The molecule has 5 N–H and O–H groups in total. The molecule has 3 amide bonds. The van der Waals surface area contributed by atoms with Crippen molar-refractivity contribution < 1.29 is 24.6 Å². The molecular weight excluding hydrogens is 628 g/mol. The quantitative estimate of drug-likeness (QED) is 0.139. The number of amides is 3. The number of hydrogen-bond acceptors (Lipinski definition) is 6. The van der Waals surface area contributed by atoms with E-state index in [-0.39, 0.29) is 37.4 Å². The SMILES string of the molecule is C[C@@H](/C=C/CC(=O)N1Cc2ccccc2C[C@H]1CO)[C@]1(O)C(=O)N(Cc2cccc(NC(=O)c3ccc(N)cc3)c2)c2ccc(Cl)cc21. The van der Waals surface area contributed by atoms with Gasteiger partial charge in [0, 0.05) is 46.4 Å². The number of carbonyl (C=O) groups is 3. The highest BCUT2D eigenvalue weighted by atomic mass is 35.5. The highest BCUT2D eigenvalue weighted by molar-refractivity contribution is 6.31. The summed E-state index contributed by atoms with van der Waals surface area (Å²) >= 11 is 6.36. The number of benzene rings is 4. The molecule has 9 nitrogen and oxygen atoms in total. The molecule has 0 bridgehead atoms. The summed E-state index contributed by atoms with van der Waals surface area (Å²) in [4.78, 5) is 43.4. The van der Waals surface area contributed by atoms with Crippen molar-refractivity contribution in [2.45, 2.75) is 44.5 Å². The van der Waals surface area contributed by atoms with Gasteiger partial charge in [0.05, 0.1) is 24.9 Å². The van der Waals surface area contributed by atoms with Crippen molar-refractivity contribution >= 4 is 46.4 Å². The second-order valence-corrected chi connectivity index (χ2v) is 12.8. The van der Waals surface area contributed by atoms with Gasteiger partial charge >= 0.3 is 0 Å². The van der Waals surface area contributed by atoms with E-state index in [1.165, 1.54) is 4.90 Å². The Balaban J connectivity index is 1.18. The fourth-order valence-electron chi connectivity index (χ4n) is 6.52. The summed E-state index contributed by atoms with van der Waals surface area (Å²) in [5, 5.41) is 25.3. The van der Waals surface area contributed by atoms with Crippen LogP contribution in [-0.2, 0) is 34.7 Å². The first kappa shape index (κ1) is 33.0. The van der Waals surface area contributed by atoms with Gasteiger partial charge in [0.15, 0.2) is 5.60 Å². The van der Waals surface area contributed by atoms with Crippen LogP contribution in [0.15, 0.2) is 103 Å². The van der Waals surface area contributed by atoms with Crippen molar-refractivity contribution in [2.75, 3.05) is 22.6 Å². The van der Waals surface area contributed by atoms with Crippen molar-refractivity contribution in [3.8, 4) is 0 Å². The van der Waals surface area contributed by atoms with Gasteiger partial charge in [0.25, 0.3) is 11.8 Å². The topological polar surface area (TPSA) is 136 Å². The molecule has 2 heterocycles. The predicted molar refractivity (Wildman–Crippen MR) is 186 cm³/mol. The van der Waals surface area contributed by atoms with Crippen molar-refractivity contribution in [1.29, 1.82) is 0 Å². The average Bonchev–Trinajstić information content (AvgIpc) is 3.29. The molecule has 0 aromatic heterocycles. The zero-order valence-corrected chi connectivity index (χ0v) is 27.2. The van der Waals surface area contributed by atoms with Gasteiger partial charge in [0.1, 0.15) is 0 Å². The van der Waals surface area contributed by atoms with Crippen LogP contribution in [0.3, 0.4) is 0 Å². The van der Waals surface area contributed by atoms with E-state index in [2.05, 4.69) is 5.32 Å². The highest BCUT2D eigenvalue weighted by Gasteiger charge is 2.52. The van der Waals surface area contributed by atoms with Crippen molar-refractivity contribution in [3.05, 3.63) is 136 Å². The smallest absolute Gasteiger partial charge is 0.264 e. The molecule has 0 saturated carbocycles. The lowest BCUT2D eigenvalue weighted by molar-refractivity contribution is -0.139. The summed E-state index contributed by atoms with van der Waals surface area (Å²) in [6.45, 7) is 2.14. The zero-order chi connectivity index (χ0) is 34.0. The van der Waals surface area contributed by atoms with E-state index in [0.717, 1.165) is 16.7 Å². The largest absolute Gasteiger partial charge is 0.399 e. The molecule has 0 fully saturated rings. The highest BCUT2D eigenvalue weighted by Crippen LogP contribution is 2.46. The van der Waals surface area contributed by atoms with Crippen LogP contribution in [0.4, 0.5) is 17.1 Å². The number of fused-ring (bicyclic) bond motifs is 2. The van der Waals surface area contributed by atoms with Crippen LogP contribution in [-0.4, -0.2) is 45.5 Å². The summed E-state index contributed by atoms with van der Waals surface area (Å²) in [7, 11) is 0. The Morgan fingerprint density at radius 3 is 2.54 bits per heavy atom. The Bertz CT molecular complexity index is 1890. The van der Waals surface area contributed by atoms with E-state index in [9.17, 15) is 24.6 Å². The summed E-state index contributed by atoms with van der Waals surface area (Å²) < 4.78 is 0. The molecule has 0 aliphatic carbocycles. The van der Waals surface area contributed by atoms with Crippen molar-refractivity contribution in [1.82, 2.24) is 4.90 Å². The number of nitrogens with two attached hydrogens (primary N) is 1. The number of aliphatic hydroxyl groups excluding tert-OH is 1. The molecule has 0 saturated heterocycles. The summed E-state index contributed by atoms with van der Waals surface area (Å²) in [6, 6.07) is 26.3. The van der Waals surface area contributed by atoms with Gasteiger partial charge in [-0.05, 0) is 77.7 Å². The first-order chi connectivity index (χ1) is 23.1. The number of halogens is 1. The number of rotatable bonds is 9. The van der Waals surface area contributed by atoms with Crippen LogP contribution in [0.2, 0.25) is 5.02 Å². The molecule has 0 spiro atoms. The van der Waals surface area contributed by atoms with Crippen LogP contribution in [0.1, 0.15) is 46.0 Å². The number of aliphatic hydroxyl groups is 2. The van der Waals surface area contributed by atoms with Crippen molar-refractivity contribution in [2.24, 2.45) is 5.92 Å². The first-order valence-electron chi connectivity index (χ1n) is 15.8. The Morgan fingerprint density at radius 2 is 1.79 bits per heavy atom. The van der Waals surface area contributed by atoms with Crippen LogP contribution < -0.4 is 16.0 Å². The first-order valence-corrected chi connectivity index (χ1v) is 16.2. The number of nitrogen functional groups attached to an aromatic ring is 1. The molecule has 2 aliphatic rings.